The maximum Gasteiger partial charge on any atom is 0.223 e. The molecule has 0 amide bonds. The Bertz CT molecular complexity index is 918. The van der Waals surface area contributed by atoms with E-state index >= 15 is 0 Å². The molecule has 0 unspecified atom stereocenters. The first-order chi connectivity index (χ1) is 11.0. The SMILES string of the molecule is Cc1nc2c(F)cc(-c3nc(Cl)ncc3F)cc2n1CC1CC1. The van der Waals surface area contributed by atoms with Gasteiger partial charge in [-0.15, -0.1) is 0 Å². The Balaban J connectivity index is 1.92. The first-order valence-corrected chi connectivity index (χ1v) is 7.75. The van der Waals surface area contributed by atoms with Crippen molar-refractivity contribution in [3.63, 3.8) is 0 Å². The number of benzene rings is 1. The molecule has 1 aromatic carbocycles. The van der Waals surface area contributed by atoms with Crippen LogP contribution in [-0.4, -0.2) is 19.5 Å². The fourth-order valence-electron chi connectivity index (χ4n) is 2.77. The fourth-order valence-corrected chi connectivity index (χ4v) is 2.90. The van der Waals surface area contributed by atoms with E-state index in [1.807, 2.05) is 11.5 Å². The molecule has 1 aliphatic carbocycles. The van der Waals surface area contributed by atoms with Crippen LogP contribution in [0, 0.1) is 24.5 Å². The van der Waals surface area contributed by atoms with E-state index in [9.17, 15) is 8.78 Å². The number of aromatic nitrogens is 4. The molecule has 3 aromatic rings. The molecule has 0 spiro atoms. The van der Waals surface area contributed by atoms with Gasteiger partial charge in [-0.05, 0) is 49.4 Å². The number of imidazole rings is 1. The van der Waals surface area contributed by atoms with Gasteiger partial charge in [0.05, 0.1) is 11.7 Å². The minimum Gasteiger partial charge on any atom is -0.328 e. The molecule has 0 N–H and O–H groups in total. The Morgan fingerprint density at radius 3 is 2.74 bits per heavy atom. The quantitative estimate of drug-likeness (QED) is 0.676. The van der Waals surface area contributed by atoms with Crippen molar-refractivity contribution in [3.8, 4) is 11.3 Å². The normalized spacial score (nSPS) is 14.6. The molecule has 4 nitrogen and oxygen atoms in total. The zero-order valence-corrected chi connectivity index (χ0v) is 13.1. The summed E-state index contributed by atoms with van der Waals surface area (Å²) in [6.45, 7) is 2.65. The molecule has 2 heterocycles. The highest BCUT2D eigenvalue weighted by Crippen LogP contribution is 2.34. The molecule has 1 fully saturated rings. The number of nitrogens with zero attached hydrogens (tertiary/aromatic N) is 4. The van der Waals surface area contributed by atoms with E-state index in [1.165, 1.54) is 18.9 Å². The van der Waals surface area contributed by atoms with Crippen molar-refractivity contribution in [2.75, 3.05) is 0 Å². The second-order valence-corrected chi connectivity index (χ2v) is 6.21. The van der Waals surface area contributed by atoms with Crippen molar-refractivity contribution in [3.05, 3.63) is 41.1 Å². The van der Waals surface area contributed by atoms with Gasteiger partial charge in [0, 0.05) is 12.1 Å². The van der Waals surface area contributed by atoms with Gasteiger partial charge in [-0.3, -0.25) is 0 Å². The van der Waals surface area contributed by atoms with Crippen LogP contribution in [0.15, 0.2) is 18.3 Å². The summed E-state index contributed by atoms with van der Waals surface area (Å²) in [5.41, 5.74) is 1.27. The zero-order valence-electron chi connectivity index (χ0n) is 12.4. The summed E-state index contributed by atoms with van der Waals surface area (Å²) in [6.07, 6.45) is 3.34. The van der Waals surface area contributed by atoms with Crippen LogP contribution >= 0.6 is 11.6 Å². The third-order valence-electron chi connectivity index (χ3n) is 4.12. The van der Waals surface area contributed by atoms with Crippen molar-refractivity contribution in [2.45, 2.75) is 26.3 Å². The van der Waals surface area contributed by atoms with E-state index in [0.717, 1.165) is 18.6 Å². The molecule has 4 rings (SSSR count). The van der Waals surface area contributed by atoms with Crippen molar-refractivity contribution in [1.82, 2.24) is 19.5 Å². The molecular weight excluding hydrogens is 322 g/mol. The molecule has 0 radical (unpaired) electrons. The number of hydrogen-bond donors (Lipinski definition) is 0. The van der Waals surface area contributed by atoms with Gasteiger partial charge >= 0.3 is 0 Å². The molecule has 0 bridgehead atoms. The van der Waals surface area contributed by atoms with Gasteiger partial charge in [-0.25, -0.2) is 23.7 Å². The van der Waals surface area contributed by atoms with Gasteiger partial charge in [0.2, 0.25) is 5.28 Å². The Hall–Kier alpha value is -2.08. The third-order valence-corrected chi connectivity index (χ3v) is 4.31. The number of hydrogen-bond acceptors (Lipinski definition) is 3. The lowest BCUT2D eigenvalue weighted by molar-refractivity contribution is 0.616. The van der Waals surface area contributed by atoms with Crippen molar-refractivity contribution in [2.24, 2.45) is 5.92 Å². The molecule has 7 heteroatoms. The molecule has 118 valence electrons. The highest BCUT2D eigenvalue weighted by Gasteiger charge is 2.24. The van der Waals surface area contributed by atoms with Gasteiger partial charge in [0.15, 0.2) is 11.6 Å². The monoisotopic (exact) mass is 334 g/mol. The summed E-state index contributed by atoms with van der Waals surface area (Å²) in [5.74, 6) is 0.231. The predicted molar refractivity (Wildman–Crippen MR) is 83.1 cm³/mol. The van der Waals surface area contributed by atoms with Gasteiger partial charge in [-0.2, -0.15) is 0 Å². The van der Waals surface area contributed by atoms with Gasteiger partial charge in [-0.1, -0.05) is 0 Å². The van der Waals surface area contributed by atoms with E-state index in [1.54, 1.807) is 6.07 Å². The second-order valence-electron chi connectivity index (χ2n) is 5.87. The number of aryl methyl sites for hydroxylation is 1. The molecule has 0 atom stereocenters. The molecule has 0 saturated heterocycles. The summed E-state index contributed by atoms with van der Waals surface area (Å²) < 4.78 is 30.4. The summed E-state index contributed by atoms with van der Waals surface area (Å²) in [5, 5.41) is -0.0791. The number of halogens is 3. The largest absolute Gasteiger partial charge is 0.328 e. The Morgan fingerprint density at radius 1 is 1.22 bits per heavy atom. The maximum absolute atomic E-state index is 14.4. The average molecular weight is 335 g/mol. The minimum atomic E-state index is -0.641. The van der Waals surface area contributed by atoms with E-state index in [2.05, 4.69) is 15.0 Å². The van der Waals surface area contributed by atoms with Gasteiger partial charge in [0.1, 0.15) is 17.0 Å². The third kappa shape index (κ3) is 2.57. The average Bonchev–Trinajstić information content (AvgIpc) is 3.27. The van der Waals surface area contributed by atoms with Crippen LogP contribution in [0.3, 0.4) is 0 Å². The minimum absolute atomic E-state index is 0.0115. The summed E-state index contributed by atoms with van der Waals surface area (Å²) in [7, 11) is 0. The molecule has 23 heavy (non-hydrogen) atoms. The summed E-state index contributed by atoms with van der Waals surface area (Å²) in [4.78, 5) is 11.8. The van der Waals surface area contributed by atoms with Crippen LogP contribution in [-0.2, 0) is 6.54 Å². The standard InChI is InChI=1S/C16H13ClF2N4/c1-8-21-15-11(18)4-10(14-12(19)6-20-16(17)22-14)5-13(15)23(8)7-9-2-3-9/h4-6,9H,2-3,7H2,1H3. The molecule has 1 aliphatic rings. The van der Waals surface area contributed by atoms with Crippen LogP contribution in [0.5, 0.6) is 0 Å². The summed E-state index contributed by atoms with van der Waals surface area (Å²) >= 11 is 5.74. The molecule has 1 saturated carbocycles. The van der Waals surface area contributed by atoms with E-state index in [4.69, 9.17) is 11.6 Å². The van der Waals surface area contributed by atoms with Gasteiger partial charge in [0.25, 0.3) is 0 Å². The van der Waals surface area contributed by atoms with Crippen molar-refractivity contribution in [1.29, 1.82) is 0 Å². The van der Waals surface area contributed by atoms with Crippen molar-refractivity contribution >= 4 is 22.6 Å². The van der Waals surface area contributed by atoms with E-state index in [0.29, 0.717) is 22.5 Å². The molecular formula is C16H13ClF2N4. The second kappa shape index (κ2) is 5.23. The smallest absolute Gasteiger partial charge is 0.223 e. The topological polar surface area (TPSA) is 43.6 Å². The van der Waals surface area contributed by atoms with E-state index < -0.39 is 11.6 Å². The highest BCUT2D eigenvalue weighted by molar-refractivity contribution is 6.28. The van der Waals surface area contributed by atoms with Crippen molar-refractivity contribution < 1.29 is 8.78 Å². The van der Waals surface area contributed by atoms with Crippen LogP contribution in [0.4, 0.5) is 8.78 Å². The Morgan fingerprint density at radius 2 is 2.00 bits per heavy atom. The zero-order chi connectivity index (χ0) is 16.1. The van der Waals surface area contributed by atoms with Gasteiger partial charge < -0.3 is 4.57 Å². The van der Waals surface area contributed by atoms with E-state index in [-0.39, 0.29) is 11.0 Å². The lowest BCUT2D eigenvalue weighted by Gasteiger charge is -2.08. The fraction of sp³-hybridized carbons (Fsp3) is 0.312. The highest BCUT2D eigenvalue weighted by atomic mass is 35.5. The first kappa shape index (κ1) is 14.5. The Kier molecular flexibility index (Phi) is 3.30. The molecule has 0 aliphatic heterocycles. The predicted octanol–water partition coefficient (Wildman–Crippen LogP) is 4.14. The van der Waals surface area contributed by atoms with Crippen LogP contribution in [0.1, 0.15) is 18.7 Å². The molecule has 2 aromatic heterocycles. The summed E-state index contributed by atoms with van der Waals surface area (Å²) in [6, 6.07) is 2.94. The lowest BCUT2D eigenvalue weighted by Crippen LogP contribution is -2.02. The van der Waals surface area contributed by atoms with Crippen LogP contribution in [0.2, 0.25) is 5.28 Å². The lowest BCUT2D eigenvalue weighted by atomic mass is 10.1. The number of fused-ring (bicyclic) bond motifs is 1. The van der Waals surface area contributed by atoms with Crippen LogP contribution in [0.25, 0.3) is 22.3 Å². The van der Waals surface area contributed by atoms with Crippen LogP contribution < -0.4 is 0 Å². The number of rotatable bonds is 3. The maximum atomic E-state index is 14.4. The Labute approximate surface area is 136 Å². The first-order valence-electron chi connectivity index (χ1n) is 7.37.